The largest absolute Gasteiger partial charge is 0.496 e. The Hall–Kier alpha value is -3.09. The summed E-state index contributed by atoms with van der Waals surface area (Å²) in [7, 11) is 1.40. The van der Waals surface area contributed by atoms with E-state index in [1.165, 1.54) is 25.3 Å². The first-order valence-electron chi connectivity index (χ1n) is 7.64. The van der Waals surface area contributed by atoms with Crippen molar-refractivity contribution in [2.24, 2.45) is 0 Å². The second kappa shape index (κ2) is 8.14. The van der Waals surface area contributed by atoms with E-state index in [4.69, 9.17) is 14.2 Å². The van der Waals surface area contributed by atoms with E-state index in [-0.39, 0.29) is 24.5 Å². The van der Waals surface area contributed by atoms with Crippen molar-refractivity contribution in [3.63, 3.8) is 0 Å². The lowest BCUT2D eigenvalue weighted by Gasteiger charge is -2.10. The van der Waals surface area contributed by atoms with E-state index >= 15 is 0 Å². The number of nitrogens with zero attached hydrogens (tertiary/aromatic N) is 1. The van der Waals surface area contributed by atoms with Gasteiger partial charge in [-0.25, -0.2) is 0 Å². The number of aryl methyl sites for hydroxylation is 2. The summed E-state index contributed by atoms with van der Waals surface area (Å²) in [6.45, 7) is 4.02. The van der Waals surface area contributed by atoms with Crippen LogP contribution >= 0.6 is 0 Å². The lowest BCUT2D eigenvalue weighted by Crippen LogP contribution is -2.13. The number of hydrogen-bond donors (Lipinski definition) is 0. The fourth-order valence-electron chi connectivity index (χ4n) is 2.23. The molecular weight excluding hydrogens is 326 g/mol. The molecule has 0 saturated carbocycles. The highest BCUT2D eigenvalue weighted by atomic mass is 16.6. The van der Waals surface area contributed by atoms with Gasteiger partial charge in [0.15, 0.2) is 0 Å². The summed E-state index contributed by atoms with van der Waals surface area (Å²) < 4.78 is 15.6. The molecule has 0 aliphatic carbocycles. The topological polar surface area (TPSA) is 87.9 Å². The van der Waals surface area contributed by atoms with Gasteiger partial charge in [-0.3, -0.25) is 14.9 Å². The summed E-state index contributed by atoms with van der Waals surface area (Å²) in [5, 5.41) is 11.1. The molecule has 2 aromatic rings. The fraction of sp³-hybridized carbons (Fsp3) is 0.278. The molecule has 0 heterocycles. The number of hydrogen-bond acceptors (Lipinski definition) is 6. The molecule has 0 aromatic heterocycles. The van der Waals surface area contributed by atoms with E-state index in [1.807, 2.05) is 32.0 Å². The first-order valence-corrected chi connectivity index (χ1v) is 7.64. The standard InChI is InChI=1S/C18H19NO6/c1-12-4-6-16(13(2)10-12)24-9-8-18(20)25-17-7-5-14(23-3)11-15(17)19(21)22/h4-7,10-11H,8-9H2,1-3H3. The van der Waals surface area contributed by atoms with E-state index in [2.05, 4.69) is 0 Å². The number of nitro groups is 1. The van der Waals surface area contributed by atoms with Crippen LogP contribution < -0.4 is 14.2 Å². The Bertz CT molecular complexity index is 787. The first kappa shape index (κ1) is 18.3. The Morgan fingerprint density at radius 1 is 1.12 bits per heavy atom. The Kier molecular flexibility index (Phi) is 5.94. The third-order valence-electron chi connectivity index (χ3n) is 3.48. The van der Waals surface area contributed by atoms with Crippen LogP contribution in [0.2, 0.25) is 0 Å². The number of ether oxygens (including phenoxy) is 3. The molecule has 0 amide bonds. The van der Waals surface area contributed by atoms with Gasteiger partial charge >= 0.3 is 11.7 Å². The molecule has 25 heavy (non-hydrogen) atoms. The van der Waals surface area contributed by atoms with E-state index in [1.54, 1.807) is 0 Å². The zero-order chi connectivity index (χ0) is 18.4. The Labute approximate surface area is 145 Å². The third-order valence-corrected chi connectivity index (χ3v) is 3.48. The minimum absolute atomic E-state index is 0.0313. The molecule has 132 valence electrons. The summed E-state index contributed by atoms with van der Waals surface area (Å²) in [4.78, 5) is 22.4. The monoisotopic (exact) mass is 345 g/mol. The molecule has 0 aliphatic heterocycles. The summed E-state index contributed by atoms with van der Waals surface area (Å²) in [5.74, 6) is 0.263. The van der Waals surface area contributed by atoms with Crippen LogP contribution in [0.3, 0.4) is 0 Å². The van der Waals surface area contributed by atoms with Crippen LogP contribution in [0.4, 0.5) is 5.69 Å². The second-order valence-corrected chi connectivity index (χ2v) is 5.43. The fourth-order valence-corrected chi connectivity index (χ4v) is 2.23. The smallest absolute Gasteiger partial charge is 0.315 e. The van der Waals surface area contributed by atoms with Crippen LogP contribution in [0, 0.1) is 24.0 Å². The number of carbonyl (C=O) groups is 1. The maximum atomic E-state index is 11.9. The molecule has 0 bridgehead atoms. The zero-order valence-electron chi connectivity index (χ0n) is 14.3. The number of esters is 1. The average Bonchev–Trinajstić information content (AvgIpc) is 2.57. The normalized spacial score (nSPS) is 10.2. The minimum Gasteiger partial charge on any atom is -0.496 e. The summed E-state index contributed by atoms with van der Waals surface area (Å²) in [6.07, 6.45) is -0.0313. The Morgan fingerprint density at radius 2 is 1.84 bits per heavy atom. The van der Waals surface area contributed by atoms with Gasteiger partial charge < -0.3 is 14.2 Å². The average molecular weight is 345 g/mol. The molecule has 2 aromatic carbocycles. The molecule has 0 radical (unpaired) electrons. The van der Waals surface area contributed by atoms with Crippen LogP contribution in [0.15, 0.2) is 36.4 Å². The molecule has 0 fully saturated rings. The van der Waals surface area contributed by atoms with Crippen molar-refractivity contribution in [3.8, 4) is 17.2 Å². The molecule has 0 unspecified atom stereocenters. The van der Waals surface area contributed by atoms with Gasteiger partial charge in [0.25, 0.3) is 0 Å². The molecule has 7 nitrogen and oxygen atoms in total. The molecular formula is C18H19NO6. The summed E-state index contributed by atoms with van der Waals surface area (Å²) in [6, 6.07) is 9.76. The molecule has 0 N–H and O–H groups in total. The number of nitro benzene ring substituents is 1. The summed E-state index contributed by atoms with van der Waals surface area (Å²) in [5.41, 5.74) is 1.76. The van der Waals surface area contributed by atoms with Crippen molar-refractivity contribution in [1.82, 2.24) is 0 Å². The van der Waals surface area contributed by atoms with E-state index in [0.29, 0.717) is 11.5 Å². The van der Waals surface area contributed by atoms with Crippen molar-refractivity contribution in [2.45, 2.75) is 20.3 Å². The van der Waals surface area contributed by atoms with Gasteiger partial charge in [0, 0.05) is 0 Å². The number of methoxy groups -OCH3 is 1. The molecule has 2 rings (SSSR count). The van der Waals surface area contributed by atoms with Crippen LogP contribution in [0.1, 0.15) is 17.5 Å². The maximum Gasteiger partial charge on any atom is 0.315 e. The predicted octanol–water partition coefficient (Wildman–Crippen LogP) is 3.59. The predicted molar refractivity (Wildman–Crippen MR) is 91.3 cm³/mol. The number of benzene rings is 2. The third kappa shape index (κ3) is 4.94. The van der Waals surface area contributed by atoms with Gasteiger partial charge in [0.1, 0.15) is 11.5 Å². The quantitative estimate of drug-likeness (QED) is 0.330. The van der Waals surface area contributed by atoms with Crippen molar-refractivity contribution in [2.75, 3.05) is 13.7 Å². The number of rotatable bonds is 7. The first-order chi connectivity index (χ1) is 11.9. The minimum atomic E-state index is -0.628. The highest BCUT2D eigenvalue weighted by Crippen LogP contribution is 2.31. The highest BCUT2D eigenvalue weighted by Gasteiger charge is 2.19. The van der Waals surface area contributed by atoms with Gasteiger partial charge in [0.2, 0.25) is 5.75 Å². The number of carbonyl (C=O) groups excluding carboxylic acids is 1. The maximum absolute atomic E-state index is 11.9. The van der Waals surface area contributed by atoms with Crippen molar-refractivity contribution in [1.29, 1.82) is 0 Å². The van der Waals surface area contributed by atoms with Gasteiger partial charge in [-0.15, -0.1) is 0 Å². The van der Waals surface area contributed by atoms with Gasteiger partial charge in [-0.1, -0.05) is 17.7 Å². The van der Waals surface area contributed by atoms with Gasteiger partial charge in [0.05, 0.1) is 31.1 Å². The molecule has 7 heteroatoms. The van der Waals surface area contributed by atoms with E-state index < -0.39 is 10.9 Å². The van der Waals surface area contributed by atoms with Gasteiger partial charge in [-0.05, 0) is 37.6 Å². The van der Waals surface area contributed by atoms with Crippen molar-refractivity contribution >= 4 is 11.7 Å². The molecule has 0 aliphatic rings. The van der Waals surface area contributed by atoms with Crippen molar-refractivity contribution in [3.05, 3.63) is 57.6 Å². The van der Waals surface area contributed by atoms with Crippen LogP contribution in [0.5, 0.6) is 17.2 Å². The van der Waals surface area contributed by atoms with Crippen molar-refractivity contribution < 1.29 is 23.9 Å². The Balaban J connectivity index is 1.95. The van der Waals surface area contributed by atoms with Crippen LogP contribution in [-0.4, -0.2) is 24.6 Å². The summed E-state index contributed by atoms with van der Waals surface area (Å²) >= 11 is 0. The lowest BCUT2D eigenvalue weighted by atomic mass is 10.1. The Morgan fingerprint density at radius 3 is 2.48 bits per heavy atom. The van der Waals surface area contributed by atoms with Crippen LogP contribution in [0.25, 0.3) is 0 Å². The molecule has 0 spiro atoms. The van der Waals surface area contributed by atoms with E-state index in [9.17, 15) is 14.9 Å². The van der Waals surface area contributed by atoms with E-state index in [0.717, 1.165) is 11.1 Å². The van der Waals surface area contributed by atoms with Gasteiger partial charge in [-0.2, -0.15) is 0 Å². The molecule has 0 saturated heterocycles. The SMILES string of the molecule is COc1ccc(OC(=O)CCOc2ccc(C)cc2C)c([N+](=O)[O-])c1. The lowest BCUT2D eigenvalue weighted by molar-refractivity contribution is -0.385. The molecule has 0 atom stereocenters. The highest BCUT2D eigenvalue weighted by molar-refractivity contribution is 5.74. The zero-order valence-corrected chi connectivity index (χ0v) is 14.3. The van der Waals surface area contributed by atoms with Crippen LogP contribution in [-0.2, 0) is 4.79 Å². The second-order valence-electron chi connectivity index (χ2n) is 5.43.